The molecule has 2 heterocycles. The number of nitrogens with one attached hydrogen (secondary N) is 2. The van der Waals surface area contributed by atoms with Crippen LogP contribution < -0.4 is 10.6 Å². The lowest BCUT2D eigenvalue weighted by Crippen LogP contribution is -2.36. The van der Waals surface area contributed by atoms with E-state index in [1.54, 1.807) is 23.1 Å². The number of aryl methyl sites for hydroxylation is 1. The summed E-state index contributed by atoms with van der Waals surface area (Å²) >= 11 is 1.39. The number of hydrogen-bond acceptors (Lipinski definition) is 4. The van der Waals surface area contributed by atoms with E-state index in [1.807, 2.05) is 18.4 Å². The van der Waals surface area contributed by atoms with Gasteiger partial charge in [0, 0.05) is 19.3 Å². The van der Waals surface area contributed by atoms with Gasteiger partial charge in [-0.05, 0) is 23.9 Å². The topological polar surface area (TPSA) is 76.0 Å². The van der Waals surface area contributed by atoms with Crippen LogP contribution >= 0.6 is 11.3 Å². The third-order valence-electron chi connectivity index (χ3n) is 2.55. The molecule has 6 nitrogen and oxygen atoms in total. The summed E-state index contributed by atoms with van der Waals surface area (Å²) in [5.41, 5.74) is 1.01. The highest BCUT2D eigenvalue weighted by Gasteiger charge is 2.06. The highest BCUT2D eigenvalue weighted by atomic mass is 32.1. The van der Waals surface area contributed by atoms with E-state index in [1.165, 1.54) is 11.3 Å². The van der Waals surface area contributed by atoms with Crippen LogP contribution in [0.25, 0.3) is 0 Å². The Kier molecular flexibility index (Phi) is 4.89. The van der Waals surface area contributed by atoms with Gasteiger partial charge in [0.05, 0.1) is 11.1 Å². The standard InChI is InChI=1S/C13H16N4O2S/c1-10-7-16-17(8-10)9-12(18)14-4-5-15-13(19)11-3-2-6-20-11/h2-3,6-8H,4-5,9H2,1H3,(H,14,18)(H,15,19). The van der Waals surface area contributed by atoms with Crippen LogP contribution in [0.5, 0.6) is 0 Å². The van der Waals surface area contributed by atoms with E-state index in [4.69, 9.17) is 0 Å². The molecule has 2 N–H and O–H groups in total. The van der Waals surface area contributed by atoms with Gasteiger partial charge in [0.25, 0.3) is 5.91 Å². The van der Waals surface area contributed by atoms with Crippen LogP contribution in [0.2, 0.25) is 0 Å². The lowest BCUT2D eigenvalue weighted by Gasteiger charge is -2.06. The molecule has 2 aromatic rings. The highest BCUT2D eigenvalue weighted by molar-refractivity contribution is 7.12. The molecular formula is C13H16N4O2S. The fraction of sp³-hybridized carbons (Fsp3) is 0.308. The summed E-state index contributed by atoms with van der Waals surface area (Å²) in [5.74, 6) is -0.240. The fourth-order valence-electron chi connectivity index (χ4n) is 1.63. The third kappa shape index (κ3) is 4.20. The predicted molar refractivity (Wildman–Crippen MR) is 76.6 cm³/mol. The van der Waals surface area contributed by atoms with Gasteiger partial charge < -0.3 is 10.6 Å². The van der Waals surface area contributed by atoms with Crippen molar-refractivity contribution in [3.63, 3.8) is 0 Å². The maximum atomic E-state index is 11.6. The molecule has 0 aromatic carbocycles. The molecule has 0 bridgehead atoms. The van der Waals surface area contributed by atoms with Crippen molar-refractivity contribution in [1.82, 2.24) is 20.4 Å². The maximum Gasteiger partial charge on any atom is 0.261 e. The molecule has 106 valence electrons. The monoisotopic (exact) mass is 292 g/mol. The molecule has 0 aliphatic heterocycles. The van der Waals surface area contributed by atoms with Crippen molar-refractivity contribution in [2.45, 2.75) is 13.5 Å². The number of thiophene rings is 1. The molecule has 0 spiro atoms. The van der Waals surface area contributed by atoms with Gasteiger partial charge in [-0.25, -0.2) is 0 Å². The first kappa shape index (κ1) is 14.3. The van der Waals surface area contributed by atoms with E-state index < -0.39 is 0 Å². The van der Waals surface area contributed by atoms with Crippen LogP contribution in [0, 0.1) is 6.92 Å². The summed E-state index contributed by atoms with van der Waals surface area (Å²) in [4.78, 5) is 23.9. The van der Waals surface area contributed by atoms with Gasteiger partial charge in [-0.3, -0.25) is 14.3 Å². The van der Waals surface area contributed by atoms with E-state index in [0.29, 0.717) is 18.0 Å². The molecule has 2 amide bonds. The van der Waals surface area contributed by atoms with Crippen molar-refractivity contribution < 1.29 is 9.59 Å². The zero-order valence-electron chi connectivity index (χ0n) is 11.1. The Morgan fingerprint density at radius 2 is 2.15 bits per heavy atom. The number of hydrogen-bond donors (Lipinski definition) is 2. The highest BCUT2D eigenvalue weighted by Crippen LogP contribution is 2.07. The Balaban J connectivity index is 1.63. The lowest BCUT2D eigenvalue weighted by atomic mass is 10.4. The Hall–Kier alpha value is -2.15. The number of amides is 2. The number of carbonyl (C=O) groups excluding carboxylic acids is 2. The second-order valence-electron chi connectivity index (χ2n) is 4.30. The summed E-state index contributed by atoms with van der Waals surface area (Å²) in [6.07, 6.45) is 3.51. The number of carbonyl (C=O) groups is 2. The third-order valence-corrected chi connectivity index (χ3v) is 3.41. The van der Waals surface area contributed by atoms with Gasteiger partial charge in [-0.1, -0.05) is 6.07 Å². The first-order valence-electron chi connectivity index (χ1n) is 6.22. The van der Waals surface area contributed by atoms with E-state index in [0.717, 1.165) is 5.56 Å². The van der Waals surface area contributed by atoms with E-state index in [-0.39, 0.29) is 18.4 Å². The lowest BCUT2D eigenvalue weighted by molar-refractivity contribution is -0.121. The van der Waals surface area contributed by atoms with Crippen molar-refractivity contribution >= 4 is 23.2 Å². The van der Waals surface area contributed by atoms with Gasteiger partial charge in [0.15, 0.2) is 0 Å². The van der Waals surface area contributed by atoms with Crippen LogP contribution in [-0.4, -0.2) is 34.7 Å². The molecular weight excluding hydrogens is 276 g/mol. The summed E-state index contributed by atoms with van der Waals surface area (Å²) in [7, 11) is 0. The predicted octanol–water partition coefficient (Wildman–Crippen LogP) is 0.799. The Bertz CT molecular complexity index is 577. The van der Waals surface area contributed by atoms with Crippen LogP contribution in [-0.2, 0) is 11.3 Å². The largest absolute Gasteiger partial charge is 0.353 e. The maximum absolute atomic E-state index is 11.6. The first-order valence-corrected chi connectivity index (χ1v) is 7.10. The SMILES string of the molecule is Cc1cnn(CC(=O)NCCNC(=O)c2cccs2)c1. The smallest absolute Gasteiger partial charge is 0.261 e. The normalized spacial score (nSPS) is 10.2. The Morgan fingerprint density at radius 3 is 2.80 bits per heavy atom. The summed E-state index contributed by atoms with van der Waals surface area (Å²) in [5, 5.41) is 11.4. The molecule has 0 unspecified atom stereocenters. The second kappa shape index (κ2) is 6.85. The van der Waals surface area contributed by atoms with Crippen molar-refractivity contribution in [3.05, 3.63) is 40.3 Å². The molecule has 0 saturated carbocycles. The first-order chi connectivity index (χ1) is 9.65. The zero-order valence-corrected chi connectivity index (χ0v) is 11.9. The van der Waals surface area contributed by atoms with Crippen LogP contribution in [0.3, 0.4) is 0 Å². The zero-order chi connectivity index (χ0) is 14.4. The molecule has 0 atom stereocenters. The van der Waals surface area contributed by atoms with Gasteiger partial charge >= 0.3 is 0 Å². The molecule has 0 saturated heterocycles. The molecule has 2 aromatic heterocycles. The van der Waals surface area contributed by atoms with Gasteiger partial charge in [0.1, 0.15) is 6.54 Å². The minimum Gasteiger partial charge on any atom is -0.353 e. The number of aromatic nitrogens is 2. The van der Waals surface area contributed by atoms with Crippen molar-refractivity contribution in [1.29, 1.82) is 0 Å². The summed E-state index contributed by atoms with van der Waals surface area (Å²) in [6.45, 7) is 2.91. The Morgan fingerprint density at radius 1 is 1.35 bits per heavy atom. The van der Waals surface area contributed by atoms with Gasteiger partial charge in [-0.2, -0.15) is 5.10 Å². The summed E-state index contributed by atoms with van der Waals surface area (Å²) < 4.78 is 1.58. The average molecular weight is 292 g/mol. The van der Waals surface area contributed by atoms with E-state index >= 15 is 0 Å². The molecule has 0 aliphatic rings. The van der Waals surface area contributed by atoms with Gasteiger partial charge in [-0.15, -0.1) is 11.3 Å². The second-order valence-corrected chi connectivity index (χ2v) is 5.25. The van der Waals surface area contributed by atoms with Crippen LogP contribution in [0.4, 0.5) is 0 Å². The minimum absolute atomic E-state index is 0.114. The Labute approximate surface area is 120 Å². The van der Waals surface area contributed by atoms with Crippen molar-refractivity contribution in [3.8, 4) is 0 Å². The molecule has 7 heteroatoms. The van der Waals surface area contributed by atoms with E-state index in [9.17, 15) is 9.59 Å². The quantitative estimate of drug-likeness (QED) is 0.773. The number of nitrogens with zero attached hydrogens (tertiary/aromatic N) is 2. The van der Waals surface area contributed by atoms with Crippen molar-refractivity contribution in [2.24, 2.45) is 0 Å². The average Bonchev–Trinajstić information content (AvgIpc) is 3.06. The minimum atomic E-state index is -0.126. The summed E-state index contributed by atoms with van der Waals surface area (Å²) in [6, 6.07) is 3.59. The van der Waals surface area contributed by atoms with E-state index in [2.05, 4.69) is 15.7 Å². The number of rotatable bonds is 6. The van der Waals surface area contributed by atoms with Crippen LogP contribution in [0.15, 0.2) is 29.9 Å². The molecule has 0 radical (unpaired) electrons. The molecule has 20 heavy (non-hydrogen) atoms. The molecule has 0 aliphatic carbocycles. The van der Waals surface area contributed by atoms with Crippen molar-refractivity contribution in [2.75, 3.05) is 13.1 Å². The molecule has 2 rings (SSSR count). The van der Waals surface area contributed by atoms with Gasteiger partial charge in [0.2, 0.25) is 5.91 Å². The van der Waals surface area contributed by atoms with Crippen LogP contribution in [0.1, 0.15) is 15.2 Å². The molecule has 0 fully saturated rings. The fourth-order valence-corrected chi connectivity index (χ4v) is 2.27.